The van der Waals surface area contributed by atoms with Gasteiger partial charge >= 0.3 is 0 Å². The fraction of sp³-hybridized carbons (Fsp3) is 0.474. The van der Waals surface area contributed by atoms with Gasteiger partial charge in [-0.15, -0.1) is 0 Å². The summed E-state index contributed by atoms with van der Waals surface area (Å²) >= 11 is 0. The molecule has 0 radical (unpaired) electrons. The average Bonchev–Trinajstić information content (AvgIpc) is 3.19. The zero-order chi connectivity index (χ0) is 19.3. The van der Waals surface area contributed by atoms with Crippen LogP contribution >= 0.6 is 0 Å². The Labute approximate surface area is 160 Å². The minimum absolute atomic E-state index is 0.191. The van der Waals surface area contributed by atoms with Gasteiger partial charge in [-0.1, -0.05) is 31.5 Å². The molecule has 1 aliphatic heterocycles. The van der Waals surface area contributed by atoms with E-state index in [1.54, 1.807) is 36.5 Å². The first-order valence-corrected chi connectivity index (χ1v) is 10.7. The minimum atomic E-state index is -3.68. The lowest BCUT2D eigenvalue weighted by Gasteiger charge is -2.33. The van der Waals surface area contributed by atoms with Crippen molar-refractivity contribution in [2.45, 2.75) is 43.7 Å². The first kappa shape index (κ1) is 19.6. The second-order valence-electron chi connectivity index (χ2n) is 7.02. The monoisotopic (exact) mass is 390 g/mol. The lowest BCUT2D eigenvalue weighted by Crippen LogP contribution is -2.52. The molecule has 0 spiro atoms. The van der Waals surface area contributed by atoms with Crippen molar-refractivity contribution in [3.63, 3.8) is 0 Å². The minimum Gasteiger partial charge on any atom is -0.354 e. The first-order valence-electron chi connectivity index (χ1n) is 9.30. The molecule has 2 unspecified atom stereocenters. The molecule has 27 heavy (non-hydrogen) atoms. The van der Waals surface area contributed by atoms with Crippen LogP contribution in [0.25, 0.3) is 0 Å². The van der Waals surface area contributed by atoms with E-state index in [2.05, 4.69) is 10.4 Å². The van der Waals surface area contributed by atoms with Gasteiger partial charge in [-0.25, -0.2) is 8.42 Å². The molecule has 146 valence electrons. The standard InChI is InChI=1S/C19H26N4O3S/c1-16(15-22-12-7-11-21-22)14-20-19(24)18-10-5-6-13-23(18)27(25,26)17-8-3-2-4-9-17/h2-4,7-9,11-12,16,18H,5-6,10,13-15H2,1H3,(H,20,24). The summed E-state index contributed by atoms with van der Waals surface area (Å²) in [6, 6.07) is 9.53. The first-order chi connectivity index (χ1) is 13.0. The normalized spacial score (nSPS) is 19.5. The maximum atomic E-state index is 13.0. The largest absolute Gasteiger partial charge is 0.354 e. The van der Waals surface area contributed by atoms with Crippen molar-refractivity contribution >= 4 is 15.9 Å². The van der Waals surface area contributed by atoms with Gasteiger partial charge in [0.05, 0.1) is 4.90 Å². The Bertz CT molecular complexity index is 837. The van der Waals surface area contributed by atoms with Crippen molar-refractivity contribution in [2.24, 2.45) is 5.92 Å². The van der Waals surface area contributed by atoms with Crippen LogP contribution in [0.3, 0.4) is 0 Å². The van der Waals surface area contributed by atoms with Crippen LogP contribution in [0.4, 0.5) is 0 Å². The van der Waals surface area contributed by atoms with E-state index in [0.29, 0.717) is 26.1 Å². The van der Waals surface area contributed by atoms with Crippen molar-refractivity contribution in [3.8, 4) is 0 Å². The number of carbonyl (C=O) groups is 1. The van der Waals surface area contributed by atoms with E-state index >= 15 is 0 Å². The van der Waals surface area contributed by atoms with E-state index in [9.17, 15) is 13.2 Å². The molecule has 1 N–H and O–H groups in total. The van der Waals surface area contributed by atoms with Gasteiger partial charge in [-0.05, 0) is 37.0 Å². The molecular weight excluding hydrogens is 364 g/mol. The van der Waals surface area contributed by atoms with Crippen LogP contribution in [-0.4, -0.2) is 47.5 Å². The fourth-order valence-electron chi connectivity index (χ4n) is 3.37. The highest BCUT2D eigenvalue weighted by Crippen LogP contribution is 2.25. The summed E-state index contributed by atoms with van der Waals surface area (Å²) < 4.78 is 29.2. The number of benzene rings is 1. The Kier molecular flexibility index (Phi) is 6.28. The molecule has 2 heterocycles. The second kappa shape index (κ2) is 8.67. The number of rotatable bonds is 7. The second-order valence-corrected chi connectivity index (χ2v) is 8.91. The Morgan fingerprint density at radius 3 is 2.74 bits per heavy atom. The van der Waals surface area contributed by atoms with Gasteiger partial charge in [0.15, 0.2) is 0 Å². The van der Waals surface area contributed by atoms with E-state index in [4.69, 9.17) is 0 Å². The number of nitrogens with one attached hydrogen (secondary N) is 1. The third kappa shape index (κ3) is 4.75. The van der Waals surface area contributed by atoms with Gasteiger partial charge < -0.3 is 5.32 Å². The lowest BCUT2D eigenvalue weighted by atomic mass is 10.0. The van der Waals surface area contributed by atoms with Crippen LogP contribution in [-0.2, 0) is 21.4 Å². The molecule has 1 aliphatic rings. The fourth-order valence-corrected chi connectivity index (χ4v) is 5.05. The van der Waals surface area contributed by atoms with Gasteiger partial charge in [0, 0.05) is 32.0 Å². The SMILES string of the molecule is CC(CNC(=O)C1CCCCN1S(=O)(=O)c1ccccc1)Cn1cccn1. The predicted molar refractivity (Wildman–Crippen MR) is 102 cm³/mol. The quantitative estimate of drug-likeness (QED) is 0.782. The number of hydrogen-bond acceptors (Lipinski definition) is 4. The smallest absolute Gasteiger partial charge is 0.243 e. The third-order valence-corrected chi connectivity index (χ3v) is 6.71. The number of hydrogen-bond donors (Lipinski definition) is 1. The lowest BCUT2D eigenvalue weighted by molar-refractivity contribution is -0.125. The van der Waals surface area contributed by atoms with E-state index in [0.717, 1.165) is 12.8 Å². The van der Waals surface area contributed by atoms with Gasteiger partial charge in [0.25, 0.3) is 0 Å². The van der Waals surface area contributed by atoms with E-state index in [1.165, 1.54) is 4.31 Å². The molecule has 3 rings (SSSR count). The Morgan fingerprint density at radius 1 is 1.26 bits per heavy atom. The maximum Gasteiger partial charge on any atom is 0.243 e. The maximum absolute atomic E-state index is 13.0. The number of piperidine rings is 1. The summed E-state index contributed by atoms with van der Waals surface area (Å²) in [5, 5.41) is 7.10. The molecular formula is C19H26N4O3S. The molecule has 1 fully saturated rings. The van der Waals surface area contributed by atoms with E-state index < -0.39 is 16.1 Å². The number of amides is 1. The number of aromatic nitrogens is 2. The van der Waals surface area contributed by atoms with Crippen LogP contribution < -0.4 is 5.32 Å². The Hall–Kier alpha value is -2.19. The molecule has 1 saturated heterocycles. The van der Waals surface area contributed by atoms with Gasteiger partial charge in [-0.3, -0.25) is 9.48 Å². The van der Waals surface area contributed by atoms with Gasteiger partial charge in [0.2, 0.25) is 15.9 Å². The molecule has 2 aromatic rings. The average molecular weight is 391 g/mol. The molecule has 0 bridgehead atoms. The molecule has 7 nitrogen and oxygen atoms in total. The molecule has 8 heteroatoms. The van der Waals surface area contributed by atoms with E-state index in [-0.39, 0.29) is 16.7 Å². The summed E-state index contributed by atoms with van der Waals surface area (Å²) in [7, 11) is -3.68. The van der Waals surface area contributed by atoms with Crippen LogP contribution in [0, 0.1) is 5.92 Å². The summed E-state index contributed by atoms with van der Waals surface area (Å²) in [5.74, 6) is -0.0295. The van der Waals surface area contributed by atoms with Crippen LogP contribution in [0.5, 0.6) is 0 Å². The van der Waals surface area contributed by atoms with Crippen LogP contribution in [0.2, 0.25) is 0 Å². The Balaban J connectivity index is 1.65. The van der Waals surface area contributed by atoms with Crippen LogP contribution in [0.1, 0.15) is 26.2 Å². The number of sulfonamides is 1. The van der Waals surface area contributed by atoms with Crippen molar-refractivity contribution in [2.75, 3.05) is 13.1 Å². The highest BCUT2D eigenvalue weighted by molar-refractivity contribution is 7.89. The summed E-state index contributed by atoms with van der Waals surface area (Å²) in [5.41, 5.74) is 0. The van der Waals surface area contributed by atoms with Gasteiger partial charge in [0.1, 0.15) is 6.04 Å². The predicted octanol–water partition coefficient (Wildman–Crippen LogP) is 1.88. The summed E-state index contributed by atoms with van der Waals surface area (Å²) in [6.45, 7) is 3.58. The zero-order valence-electron chi connectivity index (χ0n) is 15.5. The van der Waals surface area contributed by atoms with Crippen molar-refractivity contribution in [1.82, 2.24) is 19.4 Å². The molecule has 0 saturated carbocycles. The highest BCUT2D eigenvalue weighted by atomic mass is 32.2. The third-order valence-electron chi connectivity index (χ3n) is 4.79. The van der Waals surface area contributed by atoms with Crippen molar-refractivity contribution < 1.29 is 13.2 Å². The molecule has 2 atom stereocenters. The summed E-state index contributed by atoms with van der Waals surface area (Å²) in [4.78, 5) is 13.0. The molecule has 0 aliphatic carbocycles. The topological polar surface area (TPSA) is 84.3 Å². The van der Waals surface area contributed by atoms with E-state index in [1.807, 2.05) is 23.9 Å². The van der Waals surface area contributed by atoms with Crippen molar-refractivity contribution in [1.29, 1.82) is 0 Å². The zero-order valence-corrected chi connectivity index (χ0v) is 16.3. The number of carbonyl (C=O) groups excluding carboxylic acids is 1. The highest BCUT2D eigenvalue weighted by Gasteiger charge is 2.37. The van der Waals surface area contributed by atoms with Crippen LogP contribution in [0.15, 0.2) is 53.7 Å². The number of nitrogens with zero attached hydrogens (tertiary/aromatic N) is 3. The van der Waals surface area contributed by atoms with Gasteiger partial charge in [-0.2, -0.15) is 9.40 Å². The molecule has 1 amide bonds. The summed E-state index contributed by atoms with van der Waals surface area (Å²) in [6.07, 6.45) is 5.77. The van der Waals surface area contributed by atoms with Crippen molar-refractivity contribution in [3.05, 3.63) is 48.8 Å². The molecule has 1 aromatic carbocycles. The molecule has 1 aromatic heterocycles. The Morgan fingerprint density at radius 2 is 2.04 bits per heavy atom.